The monoisotopic (exact) mass is 627 g/mol. The maximum Gasteiger partial charge on any atom is 0.333 e. The van der Waals surface area contributed by atoms with Crippen LogP contribution < -0.4 is 4.90 Å². The highest BCUT2D eigenvalue weighted by atomic mass is 16.7. The molecular weight excluding hydrogens is 590 g/mol. The highest BCUT2D eigenvalue weighted by Gasteiger charge is 2.32. The number of allylic oxidation sites excluding steroid dienone is 1. The predicted molar refractivity (Wildman–Crippen MR) is 167 cm³/mol. The number of nitrogens with zero attached hydrogens (tertiary/aromatic N) is 3. The van der Waals surface area contributed by atoms with Crippen LogP contribution in [0.3, 0.4) is 0 Å². The third kappa shape index (κ3) is 8.91. The number of para-hydroxylation sites is 1. The van der Waals surface area contributed by atoms with E-state index in [4.69, 9.17) is 4.84 Å². The van der Waals surface area contributed by atoms with Crippen LogP contribution in [0.15, 0.2) is 60.8 Å². The van der Waals surface area contributed by atoms with Crippen molar-refractivity contribution in [2.24, 2.45) is 0 Å². The molecule has 0 unspecified atom stereocenters. The summed E-state index contributed by atoms with van der Waals surface area (Å²) in [5.41, 5.74) is 4.03. The maximum absolute atomic E-state index is 13.1. The van der Waals surface area contributed by atoms with Gasteiger partial charge in [0.05, 0.1) is 17.9 Å². The second-order valence-corrected chi connectivity index (χ2v) is 11.0. The Kier molecular flexibility index (Phi) is 11.8. The van der Waals surface area contributed by atoms with Gasteiger partial charge in [-0.25, -0.2) is 9.59 Å². The van der Waals surface area contributed by atoms with Crippen molar-refractivity contribution in [1.29, 1.82) is 0 Å². The molecule has 3 aliphatic heterocycles. The van der Waals surface area contributed by atoms with Crippen molar-refractivity contribution < 1.29 is 38.4 Å². The quantitative estimate of drug-likeness (QED) is 0.207. The Morgan fingerprint density at radius 3 is 1.93 bits per heavy atom. The second-order valence-electron chi connectivity index (χ2n) is 11.0. The summed E-state index contributed by atoms with van der Waals surface area (Å²) in [6, 6.07) is 15.5. The van der Waals surface area contributed by atoms with Gasteiger partial charge in [0.1, 0.15) is 0 Å². The Hall–Kier alpha value is -5.24. The van der Waals surface area contributed by atoms with Gasteiger partial charge in [0.2, 0.25) is 5.91 Å². The fraction of sp³-hybridized carbons (Fsp3) is 0.371. The molecule has 5 rings (SSSR count). The van der Waals surface area contributed by atoms with Gasteiger partial charge in [0.25, 0.3) is 17.7 Å². The molecule has 0 N–H and O–H groups in total. The van der Waals surface area contributed by atoms with Crippen molar-refractivity contribution in [2.75, 3.05) is 4.90 Å². The van der Waals surface area contributed by atoms with Gasteiger partial charge in [0, 0.05) is 49.7 Å². The molecule has 0 radical (unpaired) electrons. The van der Waals surface area contributed by atoms with Crippen LogP contribution in [0.1, 0.15) is 94.2 Å². The van der Waals surface area contributed by atoms with Crippen molar-refractivity contribution in [1.82, 2.24) is 10.1 Å². The van der Waals surface area contributed by atoms with Gasteiger partial charge in [-0.2, -0.15) is 0 Å². The van der Waals surface area contributed by atoms with Gasteiger partial charge in [-0.05, 0) is 49.4 Å². The average molecular weight is 628 g/mol. The number of benzene rings is 2. The minimum atomic E-state index is -0.518. The van der Waals surface area contributed by atoms with E-state index < -0.39 is 23.8 Å². The Morgan fingerprint density at radius 2 is 1.26 bits per heavy atom. The average Bonchev–Trinajstić information content (AvgIpc) is 3.53. The molecule has 11 heteroatoms. The smallest absolute Gasteiger partial charge is 0.333 e. The molecule has 0 aromatic heterocycles. The zero-order valence-electron chi connectivity index (χ0n) is 25.9. The molecule has 11 nitrogen and oxygen atoms in total. The topological polar surface area (TPSA) is 131 Å². The van der Waals surface area contributed by atoms with E-state index >= 15 is 0 Å². The largest absolute Gasteiger partial charge is 0.334 e. The Bertz CT molecular complexity index is 1560. The zero-order valence-corrected chi connectivity index (χ0v) is 25.9. The van der Waals surface area contributed by atoms with Crippen molar-refractivity contribution >= 4 is 41.3 Å². The van der Waals surface area contributed by atoms with Crippen molar-refractivity contribution in [2.45, 2.75) is 84.1 Å². The van der Waals surface area contributed by atoms with Crippen LogP contribution in [0, 0.1) is 11.8 Å². The molecule has 0 saturated carbocycles. The maximum atomic E-state index is 13.1. The van der Waals surface area contributed by atoms with Crippen LogP contribution in [0.5, 0.6) is 0 Å². The molecule has 0 bridgehead atoms. The van der Waals surface area contributed by atoms with Gasteiger partial charge in [-0.1, -0.05) is 62.1 Å². The van der Waals surface area contributed by atoms with Crippen molar-refractivity contribution in [3.63, 3.8) is 0 Å². The minimum Gasteiger partial charge on any atom is -0.334 e. The molecule has 3 heterocycles. The third-order valence-electron chi connectivity index (χ3n) is 7.46. The molecule has 240 valence electrons. The first-order valence-corrected chi connectivity index (χ1v) is 15.4. The van der Waals surface area contributed by atoms with E-state index in [1.54, 1.807) is 4.90 Å². The number of carbonyl (C=O) groups excluding carboxylic acids is 6. The minimum absolute atomic E-state index is 0.0209. The van der Waals surface area contributed by atoms with Crippen LogP contribution in [-0.4, -0.2) is 45.7 Å². The summed E-state index contributed by atoms with van der Waals surface area (Å²) < 4.78 is 0. The summed E-state index contributed by atoms with van der Waals surface area (Å²) >= 11 is 0. The van der Waals surface area contributed by atoms with Crippen molar-refractivity contribution in [3.05, 3.63) is 77.5 Å². The summed E-state index contributed by atoms with van der Waals surface area (Å²) in [7, 11) is 0. The zero-order chi connectivity index (χ0) is 33.1. The van der Waals surface area contributed by atoms with Crippen LogP contribution in [-0.2, 0) is 45.0 Å². The van der Waals surface area contributed by atoms with Gasteiger partial charge < -0.3 is 14.6 Å². The number of hydrogen-bond acceptors (Lipinski definition) is 8. The fourth-order valence-electron chi connectivity index (χ4n) is 4.91. The Labute approximate surface area is 268 Å². The molecule has 4 amide bonds. The second kappa shape index (κ2) is 16.2. The standard InChI is InChI=1S/C26H24N2O4.C9H13NO4/c1-19-14-17-25(30)28(19)32-26(31)13-7-6-12-24(29)27-18-22-10-3-2-8-20(22)15-16-21-9-4-5-11-23(21)27;1-2-3-4-9(13)14-10-7(11)5-6-8(10)12/h2-5,8-11H,1,6-7,12-14,17-18H2;2-6H2,1H3. The van der Waals surface area contributed by atoms with Gasteiger partial charge >= 0.3 is 11.9 Å². The van der Waals surface area contributed by atoms with Crippen LogP contribution in [0.25, 0.3) is 0 Å². The van der Waals surface area contributed by atoms with E-state index in [-0.39, 0.29) is 37.5 Å². The van der Waals surface area contributed by atoms with E-state index in [0.717, 1.165) is 33.9 Å². The van der Waals surface area contributed by atoms with E-state index in [2.05, 4.69) is 23.3 Å². The number of rotatable bonds is 10. The SMILES string of the molecule is C=C1CCC(=O)N1OC(=O)CCCCC(=O)N1Cc2ccccc2C#Cc2ccccc21.CCCCC(=O)ON1C(=O)CCC1=O. The number of anilines is 1. The molecule has 0 atom stereocenters. The first-order valence-electron chi connectivity index (χ1n) is 15.4. The van der Waals surface area contributed by atoms with E-state index in [1.807, 2.05) is 55.5 Å². The number of imide groups is 1. The van der Waals surface area contributed by atoms with Crippen LogP contribution >= 0.6 is 0 Å². The fourth-order valence-corrected chi connectivity index (χ4v) is 4.91. The highest BCUT2D eigenvalue weighted by molar-refractivity contribution is 6.01. The number of hydrogen-bond donors (Lipinski definition) is 0. The first kappa shape index (κ1) is 33.6. The van der Waals surface area contributed by atoms with Gasteiger partial charge in [0.15, 0.2) is 0 Å². The molecule has 2 saturated heterocycles. The van der Waals surface area contributed by atoms with Crippen molar-refractivity contribution in [3.8, 4) is 11.8 Å². The molecule has 0 aliphatic carbocycles. The van der Waals surface area contributed by atoms with Gasteiger partial charge in [-0.3, -0.25) is 19.2 Å². The van der Waals surface area contributed by atoms with Gasteiger partial charge in [-0.15, -0.1) is 10.1 Å². The lowest BCUT2D eigenvalue weighted by Gasteiger charge is -2.26. The Balaban J connectivity index is 0.000000288. The van der Waals surface area contributed by atoms with E-state index in [9.17, 15) is 28.8 Å². The Morgan fingerprint density at radius 1 is 0.717 bits per heavy atom. The summed E-state index contributed by atoms with van der Waals surface area (Å²) in [6.45, 7) is 6.12. The number of hydroxylamine groups is 4. The van der Waals surface area contributed by atoms with Crippen LogP contribution in [0.4, 0.5) is 5.69 Å². The molecule has 2 aromatic rings. The van der Waals surface area contributed by atoms with Crippen LogP contribution in [0.2, 0.25) is 0 Å². The lowest BCUT2D eigenvalue weighted by Crippen LogP contribution is -2.31. The van der Waals surface area contributed by atoms with E-state index in [1.165, 1.54) is 0 Å². The number of carbonyl (C=O) groups is 6. The highest BCUT2D eigenvalue weighted by Crippen LogP contribution is 2.27. The molecular formula is C35H37N3O8. The molecule has 46 heavy (non-hydrogen) atoms. The summed E-state index contributed by atoms with van der Waals surface area (Å²) in [6.07, 6.45) is 4.37. The summed E-state index contributed by atoms with van der Waals surface area (Å²) in [5, 5.41) is 1.57. The lowest BCUT2D eigenvalue weighted by molar-refractivity contribution is -0.197. The predicted octanol–water partition coefficient (Wildman–Crippen LogP) is 4.87. The third-order valence-corrected chi connectivity index (χ3v) is 7.46. The normalized spacial score (nSPS) is 15.1. The summed E-state index contributed by atoms with van der Waals surface area (Å²) in [5.74, 6) is 4.25. The molecule has 2 fully saturated rings. The number of fused-ring (bicyclic) bond motifs is 2. The van der Waals surface area contributed by atoms with E-state index in [0.29, 0.717) is 55.8 Å². The molecule has 2 aromatic carbocycles. The number of unbranched alkanes of at least 4 members (excludes halogenated alkanes) is 2. The molecule has 0 spiro atoms. The first-order chi connectivity index (χ1) is 22.2. The summed E-state index contributed by atoms with van der Waals surface area (Å²) in [4.78, 5) is 81.5. The molecule has 3 aliphatic rings. The lowest BCUT2D eigenvalue weighted by atomic mass is 10.0. The number of amides is 4.